The van der Waals surface area contributed by atoms with Crippen LogP contribution in [0.2, 0.25) is 0 Å². The minimum absolute atomic E-state index is 0.230. The number of hydrogen-bond donors (Lipinski definition) is 1. The number of tetrazole rings is 1. The summed E-state index contributed by atoms with van der Waals surface area (Å²) in [4.78, 5) is 3.96. The molecule has 0 radical (unpaired) electrons. The largest absolute Gasteiger partial charge is 0.360 e. The number of quaternary nitrogens is 1. The first-order valence-electron chi connectivity index (χ1n) is 9.74. The summed E-state index contributed by atoms with van der Waals surface area (Å²) < 4.78 is 14.9. The maximum atomic E-state index is 13.1. The van der Waals surface area contributed by atoms with Gasteiger partial charge in [-0.2, -0.15) is 0 Å². The van der Waals surface area contributed by atoms with Gasteiger partial charge < -0.3 is 9.80 Å². The Labute approximate surface area is 164 Å². The maximum absolute atomic E-state index is 13.1. The van der Waals surface area contributed by atoms with Gasteiger partial charge in [0.15, 0.2) is 0 Å². The number of aromatic nitrogens is 4. The van der Waals surface area contributed by atoms with Crippen molar-refractivity contribution in [1.29, 1.82) is 0 Å². The van der Waals surface area contributed by atoms with E-state index in [-0.39, 0.29) is 5.82 Å². The average Bonchev–Trinajstić information content (AvgIpc) is 3.13. The lowest BCUT2D eigenvalue weighted by Gasteiger charge is -2.34. The average molecular weight is 381 g/mol. The molecule has 2 heterocycles. The van der Waals surface area contributed by atoms with Crippen molar-refractivity contribution in [3.63, 3.8) is 0 Å². The summed E-state index contributed by atoms with van der Waals surface area (Å²) in [6, 6.07) is 13.0. The fourth-order valence-electron chi connectivity index (χ4n) is 3.78. The summed E-state index contributed by atoms with van der Waals surface area (Å²) in [6.45, 7) is 9.89. The number of aryl methyl sites for hydroxylation is 1. The first kappa shape index (κ1) is 18.6. The van der Waals surface area contributed by atoms with Crippen molar-refractivity contribution in [1.82, 2.24) is 20.2 Å². The van der Waals surface area contributed by atoms with Gasteiger partial charge in [0.2, 0.25) is 5.82 Å². The fraction of sp³-hybridized carbons (Fsp3) is 0.381. The third kappa shape index (κ3) is 4.04. The van der Waals surface area contributed by atoms with Crippen LogP contribution in [0.1, 0.15) is 22.5 Å². The van der Waals surface area contributed by atoms with E-state index in [2.05, 4.69) is 52.5 Å². The highest BCUT2D eigenvalue weighted by Gasteiger charge is 2.23. The lowest BCUT2D eigenvalue weighted by atomic mass is 10.1. The van der Waals surface area contributed by atoms with E-state index in [1.54, 1.807) is 12.1 Å². The van der Waals surface area contributed by atoms with Gasteiger partial charge in [-0.05, 0) is 59.2 Å². The van der Waals surface area contributed by atoms with E-state index in [1.807, 2.05) is 4.68 Å². The number of nitrogens with zero attached hydrogens (tertiary/aromatic N) is 5. The summed E-state index contributed by atoms with van der Waals surface area (Å²) in [6.07, 6.45) is 0. The first-order valence-corrected chi connectivity index (χ1v) is 9.74. The van der Waals surface area contributed by atoms with Crippen molar-refractivity contribution >= 4 is 5.69 Å². The van der Waals surface area contributed by atoms with Gasteiger partial charge in [0, 0.05) is 5.69 Å². The van der Waals surface area contributed by atoms with Crippen LogP contribution in [0, 0.1) is 19.7 Å². The number of rotatable bonds is 5. The van der Waals surface area contributed by atoms with E-state index in [0.717, 1.165) is 44.1 Å². The van der Waals surface area contributed by atoms with Crippen molar-refractivity contribution in [2.75, 3.05) is 31.1 Å². The standard InChI is InChI=1S/C21H25FN6/c1-16-4-3-5-20(17(16)2)27-12-10-26(11-13-27)15-21-23-24-25-28(21)14-18-6-8-19(22)9-7-18/h3-9H,10-15H2,1-2H3/p+1. The molecule has 7 heteroatoms. The SMILES string of the molecule is Cc1cccc(N2CC[NH+](Cc3nnnn3Cc3ccc(F)cc3)CC2)c1C. The van der Waals surface area contributed by atoms with E-state index in [1.165, 1.54) is 33.8 Å². The summed E-state index contributed by atoms with van der Waals surface area (Å²) in [7, 11) is 0. The summed E-state index contributed by atoms with van der Waals surface area (Å²) in [5.41, 5.74) is 5.05. The van der Waals surface area contributed by atoms with Gasteiger partial charge in [-0.1, -0.05) is 24.3 Å². The molecule has 1 aromatic heterocycles. The van der Waals surface area contributed by atoms with Crippen LogP contribution >= 0.6 is 0 Å². The van der Waals surface area contributed by atoms with E-state index >= 15 is 0 Å². The van der Waals surface area contributed by atoms with Gasteiger partial charge in [-0.25, -0.2) is 9.07 Å². The molecule has 1 aliphatic heterocycles. The number of nitrogens with one attached hydrogen (secondary N) is 1. The molecule has 28 heavy (non-hydrogen) atoms. The predicted octanol–water partition coefficient (Wildman–Crippen LogP) is 1.38. The molecule has 0 saturated carbocycles. The highest BCUT2D eigenvalue weighted by molar-refractivity contribution is 5.56. The Balaban J connectivity index is 1.37. The fourth-order valence-corrected chi connectivity index (χ4v) is 3.78. The molecular formula is C21H26FN6+. The Morgan fingerprint density at radius 3 is 2.54 bits per heavy atom. The Hall–Kier alpha value is -2.80. The molecule has 0 atom stereocenters. The molecule has 1 N–H and O–H groups in total. The minimum Gasteiger partial charge on any atom is -0.360 e. The topological polar surface area (TPSA) is 51.3 Å². The number of piperazine rings is 1. The number of benzene rings is 2. The van der Waals surface area contributed by atoms with Gasteiger partial charge in [0.25, 0.3) is 0 Å². The number of halogens is 1. The number of hydrogen-bond acceptors (Lipinski definition) is 4. The Kier molecular flexibility index (Phi) is 5.34. The Morgan fingerprint density at radius 1 is 1.04 bits per heavy atom. The summed E-state index contributed by atoms with van der Waals surface area (Å²) in [5.74, 6) is 0.645. The molecule has 1 fully saturated rings. The van der Waals surface area contributed by atoms with Gasteiger partial charge in [0.1, 0.15) is 12.4 Å². The molecular weight excluding hydrogens is 355 g/mol. The zero-order valence-electron chi connectivity index (χ0n) is 16.4. The van der Waals surface area contributed by atoms with Gasteiger partial charge in [-0.3, -0.25) is 0 Å². The molecule has 0 amide bonds. The lowest BCUT2D eigenvalue weighted by Crippen LogP contribution is -3.13. The third-order valence-electron chi connectivity index (χ3n) is 5.65. The van der Waals surface area contributed by atoms with Crippen molar-refractivity contribution in [2.45, 2.75) is 26.9 Å². The van der Waals surface area contributed by atoms with E-state index in [9.17, 15) is 4.39 Å². The van der Waals surface area contributed by atoms with E-state index in [4.69, 9.17) is 0 Å². The second kappa shape index (κ2) is 8.06. The van der Waals surface area contributed by atoms with E-state index < -0.39 is 0 Å². The molecule has 146 valence electrons. The minimum atomic E-state index is -0.230. The monoisotopic (exact) mass is 381 g/mol. The van der Waals surface area contributed by atoms with Crippen LogP contribution in [0.4, 0.5) is 10.1 Å². The molecule has 1 saturated heterocycles. The van der Waals surface area contributed by atoms with Crippen LogP contribution < -0.4 is 9.80 Å². The summed E-state index contributed by atoms with van der Waals surface area (Å²) in [5, 5.41) is 12.2. The maximum Gasteiger partial charge on any atom is 0.206 e. The molecule has 0 unspecified atom stereocenters. The van der Waals surface area contributed by atoms with Gasteiger partial charge >= 0.3 is 0 Å². The van der Waals surface area contributed by atoms with Crippen molar-refractivity contribution in [3.05, 3.63) is 70.8 Å². The van der Waals surface area contributed by atoms with Crippen molar-refractivity contribution in [3.8, 4) is 0 Å². The van der Waals surface area contributed by atoms with Crippen LogP contribution in [-0.2, 0) is 13.1 Å². The molecule has 0 spiro atoms. The van der Waals surface area contributed by atoms with Crippen molar-refractivity contribution < 1.29 is 9.29 Å². The number of anilines is 1. The second-order valence-electron chi connectivity index (χ2n) is 7.51. The lowest BCUT2D eigenvalue weighted by molar-refractivity contribution is -0.915. The predicted molar refractivity (Wildman–Crippen MR) is 106 cm³/mol. The molecule has 3 aromatic rings. The Bertz CT molecular complexity index is 928. The van der Waals surface area contributed by atoms with Crippen LogP contribution in [0.15, 0.2) is 42.5 Å². The van der Waals surface area contributed by atoms with Crippen LogP contribution in [-0.4, -0.2) is 46.4 Å². The van der Waals surface area contributed by atoms with Crippen LogP contribution in [0.5, 0.6) is 0 Å². The van der Waals surface area contributed by atoms with Gasteiger partial charge in [0.05, 0.1) is 32.7 Å². The molecule has 2 aromatic carbocycles. The smallest absolute Gasteiger partial charge is 0.206 e. The summed E-state index contributed by atoms with van der Waals surface area (Å²) >= 11 is 0. The molecule has 4 rings (SSSR count). The van der Waals surface area contributed by atoms with Crippen LogP contribution in [0.3, 0.4) is 0 Å². The van der Waals surface area contributed by atoms with Gasteiger partial charge in [-0.15, -0.1) is 5.10 Å². The highest BCUT2D eigenvalue weighted by Crippen LogP contribution is 2.22. The Morgan fingerprint density at radius 2 is 1.79 bits per heavy atom. The second-order valence-corrected chi connectivity index (χ2v) is 7.51. The first-order chi connectivity index (χ1) is 13.6. The third-order valence-corrected chi connectivity index (χ3v) is 5.65. The molecule has 0 aliphatic carbocycles. The van der Waals surface area contributed by atoms with E-state index in [0.29, 0.717) is 6.54 Å². The quantitative estimate of drug-likeness (QED) is 0.726. The zero-order chi connectivity index (χ0) is 19.5. The molecule has 6 nitrogen and oxygen atoms in total. The van der Waals surface area contributed by atoms with Crippen molar-refractivity contribution in [2.24, 2.45) is 0 Å². The molecule has 1 aliphatic rings. The highest BCUT2D eigenvalue weighted by atomic mass is 19.1. The zero-order valence-corrected chi connectivity index (χ0v) is 16.4. The normalized spacial score (nSPS) is 15.2. The molecule has 0 bridgehead atoms. The van der Waals surface area contributed by atoms with Crippen LogP contribution in [0.25, 0.3) is 0 Å².